The molecule has 13 heavy (non-hydrogen) atoms. The lowest BCUT2D eigenvalue weighted by Crippen LogP contribution is -2.33. The molecule has 0 unspecified atom stereocenters. The van der Waals surface area contributed by atoms with Gasteiger partial charge in [0.05, 0.1) is 6.42 Å². The van der Waals surface area contributed by atoms with Gasteiger partial charge in [0.2, 0.25) is 0 Å². The molecular formula is C8H15NO4. The Balaban J connectivity index is 3.68. The van der Waals surface area contributed by atoms with Crippen molar-refractivity contribution in [2.24, 2.45) is 0 Å². The molecule has 0 rings (SSSR count). The zero-order valence-corrected chi connectivity index (χ0v) is 8.11. The van der Waals surface area contributed by atoms with Crippen LogP contribution in [0.3, 0.4) is 0 Å². The SMILES string of the molecule is CC(C)N(C)C(=O)OCCC(=O)O. The maximum Gasteiger partial charge on any atom is 0.409 e. The number of hydrogen-bond donors (Lipinski definition) is 1. The Morgan fingerprint density at radius 1 is 1.46 bits per heavy atom. The molecule has 0 aromatic carbocycles. The third-order valence-electron chi connectivity index (χ3n) is 1.60. The second-order valence-corrected chi connectivity index (χ2v) is 2.96. The Kier molecular flexibility index (Phi) is 4.87. The van der Waals surface area contributed by atoms with Crippen LogP contribution in [0.4, 0.5) is 4.79 Å². The molecule has 0 saturated heterocycles. The average Bonchev–Trinajstić information content (AvgIpc) is 2.02. The Bertz CT molecular complexity index is 191. The van der Waals surface area contributed by atoms with Crippen LogP contribution in [-0.4, -0.2) is 41.8 Å². The molecule has 0 aliphatic rings. The van der Waals surface area contributed by atoms with Crippen molar-refractivity contribution in [1.82, 2.24) is 4.90 Å². The van der Waals surface area contributed by atoms with E-state index in [-0.39, 0.29) is 19.1 Å². The fourth-order valence-corrected chi connectivity index (χ4v) is 0.538. The molecule has 76 valence electrons. The second kappa shape index (κ2) is 5.40. The van der Waals surface area contributed by atoms with Crippen LogP contribution in [0.5, 0.6) is 0 Å². The van der Waals surface area contributed by atoms with Crippen LogP contribution >= 0.6 is 0 Å². The molecular weight excluding hydrogens is 174 g/mol. The molecule has 0 aliphatic heterocycles. The van der Waals surface area contributed by atoms with E-state index >= 15 is 0 Å². The molecule has 0 fully saturated rings. The normalized spacial score (nSPS) is 9.85. The first-order valence-corrected chi connectivity index (χ1v) is 4.06. The first-order chi connectivity index (χ1) is 5.95. The van der Waals surface area contributed by atoms with Gasteiger partial charge < -0.3 is 14.7 Å². The minimum absolute atomic E-state index is 0.0531. The fourth-order valence-electron chi connectivity index (χ4n) is 0.538. The van der Waals surface area contributed by atoms with E-state index in [0.29, 0.717) is 0 Å². The monoisotopic (exact) mass is 189 g/mol. The van der Waals surface area contributed by atoms with Gasteiger partial charge in [0.15, 0.2) is 0 Å². The topological polar surface area (TPSA) is 66.8 Å². The zero-order chi connectivity index (χ0) is 10.4. The van der Waals surface area contributed by atoms with Gasteiger partial charge in [-0.3, -0.25) is 4.79 Å². The number of ether oxygens (including phenoxy) is 1. The predicted molar refractivity (Wildman–Crippen MR) is 46.5 cm³/mol. The van der Waals surface area contributed by atoms with Crippen molar-refractivity contribution in [3.63, 3.8) is 0 Å². The molecule has 0 aromatic rings. The molecule has 0 atom stereocenters. The summed E-state index contributed by atoms with van der Waals surface area (Å²) in [5, 5.41) is 8.27. The Morgan fingerprint density at radius 3 is 2.38 bits per heavy atom. The molecule has 0 saturated carbocycles. The highest BCUT2D eigenvalue weighted by molar-refractivity contribution is 5.69. The number of rotatable bonds is 4. The van der Waals surface area contributed by atoms with Crippen molar-refractivity contribution >= 4 is 12.1 Å². The van der Waals surface area contributed by atoms with Crippen molar-refractivity contribution in [2.45, 2.75) is 26.3 Å². The van der Waals surface area contributed by atoms with Gasteiger partial charge in [0.1, 0.15) is 6.61 Å². The zero-order valence-electron chi connectivity index (χ0n) is 8.11. The fraction of sp³-hybridized carbons (Fsp3) is 0.750. The van der Waals surface area contributed by atoms with E-state index in [4.69, 9.17) is 5.11 Å². The second-order valence-electron chi connectivity index (χ2n) is 2.96. The smallest absolute Gasteiger partial charge is 0.409 e. The lowest BCUT2D eigenvalue weighted by molar-refractivity contribution is -0.137. The van der Waals surface area contributed by atoms with E-state index in [1.165, 1.54) is 4.90 Å². The molecule has 0 bridgehead atoms. The number of carboxylic acid groups (broad SMARTS) is 1. The third-order valence-corrected chi connectivity index (χ3v) is 1.60. The number of amides is 1. The maximum absolute atomic E-state index is 11.1. The first kappa shape index (κ1) is 11.7. The van der Waals surface area contributed by atoms with Crippen LogP contribution in [0.2, 0.25) is 0 Å². The van der Waals surface area contributed by atoms with E-state index in [0.717, 1.165) is 0 Å². The molecule has 0 heterocycles. The molecule has 0 radical (unpaired) electrons. The van der Waals surface area contributed by atoms with Crippen LogP contribution in [0.25, 0.3) is 0 Å². The summed E-state index contributed by atoms with van der Waals surface area (Å²) in [5.41, 5.74) is 0. The number of carbonyl (C=O) groups excluding carboxylic acids is 1. The molecule has 1 N–H and O–H groups in total. The van der Waals surface area contributed by atoms with E-state index in [9.17, 15) is 9.59 Å². The summed E-state index contributed by atoms with van der Waals surface area (Å²) in [4.78, 5) is 22.6. The third kappa shape index (κ3) is 5.05. The number of carboxylic acids is 1. The molecule has 5 heteroatoms. The molecule has 0 aromatic heterocycles. The summed E-state index contributed by atoms with van der Waals surface area (Å²) in [5.74, 6) is -0.972. The van der Waals surface area contributed by atoms with E-state index in [1.54, 1.807) is 7.05 Å². The maximum atomic E-state index is 11.1. The number of carbonyl (C=O) groups is 2. The molecule has 0 spiro atoms. The summed E-state index contributed by atoms with van der Waals surface area (Å²) in [6, 6.07) is 0.0531. The van der Waals surface area contributed by atoms with E-state index in [2.05, 4.69) is 4.74 Å². The summed E-state index contributed by atoms with van der Waals surface area (Å²) in [7, 11) is 1.60. The van der Waals surface area contributed by atoms with Crippen molar-refractivity contribution in [3.05, 3.63) is 0 Å². The van der Waals surface area contributed by atoms with Gasteiger partial charge in [-0.05, 0) is 13.8 Å². The average molecular weight is 189 g/mol. The minimum atomic E-state index is -0.972. The quantitative estimate of drug-likeness (QED) is 0.714. The summed E-state index contributed by atoms with van der Waals surface area (Å²) in [6.45, 7) is 3.61. The van der Waals surface area contributed by atoms with E-state index < -0.39 is 12.1 Å². The number of nitrogens with zero attached hydrogens (tertiary/aromatic N) is 1. The van der Waals surface area contributed by atoms with Gasteiger partial charge in [-0.25, -0.2) is 4.79 Å². The Labute approximate surface area is 77.3 Å². The van der Waals surface area contributed by atoms with Crippen LogP contribution in [-0.2, 0) is 9.53 Å². The van der Waals surface area contributed by atoms with Gasteiger partial charge >= 0.3 is 12.1 Å². The first-order valence-electron chi connectivity index (χ1n) is 4.06. The van der Waals surface area contributed by atoms with Crippen LogP contribution in [0, 0.1) is 0 Å². The van der Waals surface area contributed by atoms with Gasteiger partial charge in [0, 0.05) is 13.1 Å². The highest BCUT2D eigenvalue weighted by atomic mass is 16.6. The Hall–Kier alpha value is -1.26. The number of aliphatic carboxylic acids is 1. The predicted octanol–water partition coefficient (Wildman–Crippen LogP) is 0.938. The minimum Gasteiger partial charge on any atom is -0.481 e. The lowest BCUT2D eigenvalue weighted by atomic mass is 10.4. The van der Waals surface area contributed by atoms with Crippen LogP contribution in [0.15, 0.2) is 0 Å². The van der Waals surface area contributed by atoms with Gasteiger partial charge in [0.25, 0.3) is 0 Å². The van der Waals surface area contributed by atoms with Crippen molar-refractivity contribution in [1.29, 1.82) is 0 Å². The van der Waals surface area contributed by atoms with Gasteiger partial charge in [-0.2, -0.15) is 0 Å². The van der Waals surface area contributed by atoms with Crippen molar-refractivity contribution < 1.29 is 19.4 Å². The van der Waals surface area contributed by atoms with Gasteiger partial charge in [-0.15, -0.1) is 0 Å². The summed E-state index contributed by atoms with van der Waals surface area (Å²) >= 11 is 0. The lowest BCUT2D eigenvalue weighted by Gasteiger charge is -2.20. The van der Waals surface area contributed by atoms with Crippen molar-refractivity contribution in [3.8, 4) is 0 Å². The molecule has 1 amide bonds. The summed E-state index contributed by atoms with van der Waals surface area (Å²) < 4.78 is 4.68. The largest absolute Gasteiger partial charge is 0.481 e. The van der Waals surface area contributed by atoms with Crippen molar-refractivity contribution in [2.75, 3.05) is 13.7 Å². The Morgan fingerprint density at radius 2 is 2.00 bits per heavy atom. The number of hydrogen-bond acceptors (Lipinski definition) is 3. The van der Waals surface area contributed by atoms with Crippen LogP contribution < -0.4 is 0 Å². The van der Waals surface area contributed by atoms with Crippen LogP contribution in [0.1, 0.15) is 20.3 Å². The highest BCUT2D eigenvalue weighted by Crippen LogP contribution is 1.97. The summed E-state index contributed by atoms with van der Waals surface area (Å²) in [6.07, 6.45) is -0.645. The molecule has 5 nitrogen and oxygen atoms in total. The highest BCUT2D eigenvalue weighted by Gasteiger charge is 2.12. The van der Waals surface area contributed by atoms with E-state index in [1.807, 2.05) is 13.8 Å². The van der Waals surface area contributed by atoms with Gasteiger partial charge in [-0.1, -0.05) is 0 Å². The standard InChI is InChI=1S/C8H15NO4/c1-6(2)9(3)8(12)13-5-4-7(10)11/h6H,4-5H2,1-3H3,(H,10,11). The molecule has 0 aliphatic carbocycles.